The van der Waals surface area contributed by atoms with Gasteiger partial charge in [-0.15, -0.1) is 0 Å². The number of phenols is 1. The molecule has 0 radical (unpaired) electrons. The average Bonchev–Trinajstić information content (AvgIpc) is 3.42. The SMILES string of the molecule is COC(=O)Nc1nc2ccc(C(=O)c3ccccc3)cc2[nH]1.COc1cc(O)c(C(=O)c2ccccc2)c(OC)c1. The standard InChI is InChI=1S/C16H13N3O3.C15H14O4/c1-22-16(21)19-15-17-12-8-7-11(9-13(12)18-15)14(20)10-5-3-2-4-6-10;1-18-11-8-12(16)14(13(9-11)19-2)15(17)10-6-4-3-5-7-10/h2-9H,1H3,(H2,17,18,19,21);3-9,16H,1-2H3. The smallest absolute Gasteiger partial charge is 0.413 e. The van der Waals surface area contributed by atoms with Crippen LogP contribution < -0.4 is 14.8 Å². The van der Waals surface area contributed by atoms with Crippen molar-refractivity contribution >= 4 is 34.6 Å². The normalized spacial score (nSPS) is 10.2. The molecule has 0 fully saturated rings. The number of aromatic nitrogens is 2. The molecule has 0 aliphatic carbocycles. The molecule has 0 saturated carbocycles. The molecule has 10 heteroatoms. The van der Waals surface area contributed by atoms with Crippen molar-refractivity contribution in [2.45, 2.75) is 0 Å². The third kappa shape index (κ3) is 6.69. The van der Waals surface area contributed by atoms with E-state index in [9.17, 15) is 19.5 Å². The number of benzene rings is 4. The maximum Gasteiger partial charge on any atom is 0.413 e. The van der Waals surface area contributed by atoms with E-state index in [4.69, 9.17) is 9.47 Å². The van der Waals surface area contributed by atoms with Gasteiger partial charge in [0.05, 0.1) is 32.4 Å². The Hall–Kier alpha value is -5.64. The van der Waals surface area contributed by atoms with Crippen molar-refractivity contribution in [3.63, 3.8) is 0 Å². The van der Waals surface area contributed by atoms with Crippen LogP contribution in [0.1, 0.15) is 31.8 Å². The van der Waals surface area contributed by atoms with E-state index in [1.807, 2.05) is 24.3 Å². The third-order valence-electron chi connectivity index (χ3n) is 5.96. The molecule has 41 heavy (non-hydrogen) atoms. The highest BCUT2D eigenvalue weighted by Gasteiger charge is 2.20. The lowest BCUT2D eigenvalue weighted by atomic mass is 10.0. The molecule has 208 valence electrons. The number of rotatable bonds is 7. The minimum Gasteiger partial charge on any atom is -0.507 e. The van der Waals surface area contributed by atoms with Gasteiger partial charge in [0.1, 0.15) is 22.8 Å². The van der Waals surface area contributed by atoms with Crippen LogP contribution in [0.3, 0.4) is 0 Å². The number of methoxy groups -OCH3 is 3. The van der Waals surface area contributed by atoms with Gasteiger partial charge in [0.25, 0.3) is 0 Å². The summed E-state index contributed by atoms with van der Waals surface area (Å²) < 4.78 is 14.7. The summed E-state index contributed by atoms with van der Waals surface area (Å²) in [6.07, 6.45) is -0.611. The van der Waals surface area contributed by atoms with Crippen LogP contribution in [0.2, 0.25) is 0 Å². The van der Waals surface area contributed by atoms with E-state index in [-0.39, 0.29) is 34.6 Å². The van der Waals surface area contributed by atoms with Gasteiger partial charge in [-0.2, -0.15) is 0 Å². The minimum absolute atomic E-state index is 0.0698. The van der Waals surface area contributed by atoms with Gasteiger partial charge in [-0.25, -0.2) is 9.78 Å². The molecule has 5 rings (SSSR count). The molecule has 0 aliphatic heterocycles. The van der Waals surface area contributed by atoms with Crippen LogP contribution in [0.15, 0.2) is 91.0 Å². The molecule has 0 spiro atoms. The number of carbonyl (C=O) groups excluding carboxylic acids is 3. The van der Waals surface area contributed by atoms with E-state index in [2.05, 4.69) is 20.0 Å². The van der Waals surface area contributed by atoms with Gasteiger partial charge in [-0.3, -0.25) is 14.9 Å². The molecule has 1 aromatic heterocycles. The number of ketones is 2. The second-order valence-corrected chi connectivity index (χ2v) is 8.55. The van der Waals surface area contributed by atoms with Crippen LogP contribution in [-0.4, -0.2) is 54.1 Å². The number of carbonyl (C=O) groups is 3. The summed E-state index contributed by atoms with van der Waals surface area (Å²) in [6, 6.07) is 25.9. The first kappa shape index (κ1) is 28.4. The van der Waals surface area contributed by atoms with Crippen molar-refractivity contribution in [2.75, 3.05) is 26.6 Å². The number of hydrogen-bond donors (Lipinski definition) is 3. The van der Waals surface area contributed by atoms with Crippen molar-refractivity contribution in [1.29, 1.82) is 0 Å². The summed E-state index contributed by atoms with van der Waals surface area (Å²) in [5.41, 5.74) is 3.10. The lowest BCUT2D eigenvalue weighted by Crippen LogP contribution is -2.11. The zero-order valence-corrected chi connectivity index (χ0v) is 22.5. The summed E-state index contributed by atoms with van der Waals surface area (Å²) in [6.45, 7) is 0. The maximum absolute atomic E-state index is 12.4. The maximum atomic E-state index is 12.4. The van der Waals surface area contributed by atoms with Gasteiger partial charge in [0, 0.05) is 28.8 Å². The lowest BCUT2D eigenvalue weighted by molar-refractivity contribution is 0.102. The second-order valence-electron chi connectivity index (χ2n) is 8.55. The van der Waals surface area contributed by atoms with E-state index in [0.29, 0.717) is 33.5 Å². The van der Waals surface area contributed by atoms with Crippen molar-refractivity contribution in [3.05, 3.63) is 113 Å². The van der Waals surface area contributed by atoms with Gasteiger partial charge in [0.2, 0.25) is 11.7 Å². The number of aromatic hydroxyl groups is 1. The van der Waals surface area contributed by atoms with Crippen LogP contribution in [0, 0.1) is 0 Å². The monoisotopic (exact) mass is 553 g/mol. The molecule has 1 heterocycles. The fraction of sp³-hybridized carbons (Fsp3) is 0.0968. The van der Waals surface area contributed by atoms with Gasteiger partial charge < -0.3 is 24.3 Å². The largest absolute Gasteiger partial charge is 0.507 e. The van der Waals surface area contributed by atoms with E-state index < -0.39 is 6.09 Å². The number of anilines is 1. The van der Waals surface area contributed by atoms with Crippen LogP contribution >= 0.6 is 0 Å². The number of aromatic amines is 1. The fourth-order valence-electron chi connectivity index (χ4n) is 3.93. The molecule has 3 N–H and O–H groups in total. The number of nitrogens with zero attached hydrogens (tertiary/aromatic N) is 1. The van der Waals surface area contributed by atoms with E-state index in [1.165, 1.54) is 27.4 Å². The quantitative estimate of drug-likeness (QED) is 0.221. The van der Waals surface area contributed by atoms with Gasteiger partial charge >= 0.3 is 6.09 Å². The number of hydrogen-bond acceptors (Lipinski definition) is 8. The Kier molecular flexibility index (Phi) is 8.95. The minimum atomic E-state index is -0.611. The molecule has 0 saturated heterocycles. The Morgan fingerprint density at radius 3 is 1.98 bits per heavy atom. The molecule has 0 unspecified atom stereocenters. The highest BCUT2D eigenvalue weighted by atomic mass is 16.5. The molecular formula is C31H27N3O7. The first-order chi connectivity index (χ1) is 19.8. The Morgan fingerprint density at radius 1 is 0.756 bits per heavy atom. The number of fused-ring (bicyclic) bond motifs is 1. The summed E-state index contributed by atoms with van der Waals surface area (Å²) in [7, 11) is 4.19. The first-order valence-electron chi connectivity index (χ1n) is 12.3. The molecule has 0 bridgehead atoms. The van der Waals surface area contributed by atoms with E-state index in [0.717, 1.165) is 0 Å². The van der Waals surface area contributed by atoms with Crippen molar-refractivity contribution in [1.82, 2.24) is 9.97 Å². The number of H-pyrrole nitrogens is 1. The topological polar surface area (TPSA) is 140 Å². The molecule has 10 nitrogen and oxygen atoms in total. The van der Waals surface area contributed by atoms with Crippen molar-refractivity contribution < 1.29 is 33.7 Å². The number of imidazole rings is 1. The summed E-state index contributed by atoms with van der Waals surface area (Å²) in [5.74, 6) is 0.457. The van der Waals surface area contributed by atoms with Gasteiger partial charge in [-0.1, -0.05) is 60.7 Å². The second kappa shape index (κ2) is 12.9. The zero-order chi connectivity index (χ0) is 29.4. The fourth-order valence-corrected chi connectivity index (χ4v) is 3.93. The predicted octanol–water partition coefficient (Wildman–Crippen LogP) is 5.61. The third-order valence-corrected chi connectivity index (χ3v) is 5.96. The number of ether oxygens (including phenoxy) is 3. The average molecular weight is 554 g/mol. The Balaban J connectivity index is 0.000000191. The van der Waals surface area contributed by atoms with Crippen LogP contribution in [0.25, 0.3) is 11.0 Å². The molecule has 4 aromatic carbocycles. The van der Waals surface area contributed by atoms with Crippen molar-refractivity contribution in [2.24, 2.45) is 0 Å². The van der Waals surface area contributed by atoms with Crippen molar-refractivity contribution in [3.8, 4) is 17.2 Å². The zero-order valence-electron chi connectivity index (χ0n) is 22.5. The van der Waals surface area contributed by atoms with Gasteiger partial charge in [0.15, 0.2) is 5.78 Å². The summed E-state index contributed by atoms with van der Waals surface area (Å²) in [5, 5.41) is 12.4. The molecule has 0 aliphatic rings. The van der Waals surface area contributed by atoms with Crippen LogP contribution in [0.4, 0.5) is 10.7 Å². The van der Waals surface area contributed by atoms with E-state index in [1.54, 1.807) is 60.7 Å². The summed E-state index contributed by atoms with van der Waals surface area (Å²) >= 11 is 0. The van der Waals surface area contributed by atoms with E-state index >= 15 is 0 Å². The highest BCUT2D eigenvalue weighted by molar-refractivity contribution is 6.12. The Morgan fingerprint density at radius 2 is 1.39 bits per heavy atom. The molecule has 5 aromatic rings. The predicted molar refractivity (Wildman–Crippen MR) is 153 cm³/mol. The Labute approximate surface area is 235 Å². The Bertz CT molecular complexity index is 1680. The number of phenolic OH excluding ortho intramolecular Hbond substituents is 1. The first-order valence-corrected chi connectivity index (χ1v) is 12.3. The molecule has 0 atom stereocenters. The van der Waals surface area contributed by atoms with Crippen LogP contribution in [0.5, 0.6) is 17.2 Å². The summed E-state index contributed by atoms with van der Waals surface area (Å²) in [4.78, 5) is 43.1. The van der Waals surface area contributed by atoms with Crippen LogP contribution in [-0.2, 0) is 4.74 Å². The lowest BCUT2D eigenvalue weighted by Gasteiger charge is -2.11. The molecular weight excluding hydrogens is 526 g/mol. The highest BCUT2D eigenvalue weighted by Crippen LogP contribution is 2.34. The number of nitrogens with one attached hydrogen (secondary N) is 2. The van der Waals surface area contributed by atoms with Gasteiger partial charge in [-0.05, 0) is 18.2 Å². The molecule has 1 amide bonds. The number of amides is 1.